The zero-order valence-electron chi connectivity index (χ0n) is 13.4. The number of fused-ring (bicyclic) bond motifs is 3. The highest BCUT2D eigenvalue weighted by Crippen LogP contribution is 2.45. The highest BCUT2D eigenvalue weighted by atomic mass is 32.2. The van der Waals surface area contributed by atoms with Gasteiger partial charge in [0.1, 0.15) is 5.82 Å². The molecule has 1 aliphatic heterocycles. The summed E-state index contributed by atoms with van der Waals surface area (Å²) >= 11 is 2.99. The number of nitrogens with one attached hydrogen (secondary N) is 1. The first-order chi connectivity index (χ1) is 12.5. The first-order valence-corrected chi connectivity index (χ1v) is 9.58. The summed E-state index contributed by atoms with van der Waals surface area (Å²) in [6.45, 7) is 0. The highest BCUT2D eigenvalue weighted by Gasteiger charge is 2.22. The molecule has 2 aromatic carbocycles. The van der Waals surface area contributed by atoms with Crippen molar-refractivity contribution in [3.63, 3.8) is 0 Å². The SMILES string of the molecule is NC(=O)c1ccc(NC(=O)c2cc3c(s2)-c2cc(F)ccc2SC3)cc1. The monoisotopic (exact) mass is 384 g/mol. The number of primary amides is 1. The van der Waals surface area contributed by atoms with Crippen molar-refractivity contribution < 1.29 is 14.0 Å². The van der Waals surface area contributed by atoms with Crippen molar-refractivity contribution in [2.75, 3.05) is 5.32 Å². The van der Waals surface area contributed by atoms with Gasteiger partial charge in [0.15, 0.2) is 0 Å². The van der Waals surface area contributed by atoms with Crippen molar-refractivity contribution in [3.05, 3.63) is 70.4 Å². The van der Waals surface area contributed by atoms with Gasteiger partial charge in [-0.25, -0.2) is 4.39 Å². The van der Waals surface area contributed by atoms with E-state index in [1.54, 1.807) is 42.1 Å². The number of thioether (sulfide) groups is 1. The number of halogens is 1. The van der Waals surface area contributed by atoms with Crippen LogP contribution in [0.15, 0.2) is 53.4 Å². The molecule has 0 saturated heterocycles. The van der Waals surface area contributed by atoms with Gasteiger partial charge in [-0.15, -0.1) is 23.1 Å². The fraction of sp³-hybridized carbons (Fsp3) is 0.0526. The van der Waals surface area contributed by atoms with E-state index in [9.17, 15) is 14.0 Å². The van der Waals surface area contributed by atoms with Crippen LogP contribution < -0.4 is 11.1 Å². The van der Waals surface area contributed by atoms with Gasteiger partial charge in [0, 0.05) is 32.3 Å². The molecule has 0 bridgehead atoms. The normalized spacial score (nSPS) is 12.2. The molecule has 0 aliphatic carbocycles. The Morgan fingerprint density at radius 2 is 1.85 bits per heavy atom. The van der Waals surface area contributed by atoms with Gasteiger partial charge in [0.05, 0.1) is 4.88 Å². The van der Waals surface area contributed by atoms with E-state index in [1.807, 2.05) is 6.07 Å². The fourth-order valence-corrected chi connectivity index (χ4v) is 5.03. The largest absolute Gasteiger partial charge is 0.366 e. The van der Waals surface area contributed by atoms with Gasteiger partial charge in [-0.3, -0.25) is 9.59 Å². The predicted molar refractivity (Wildman–Crippen MR) is 102 cm³/mol. The lowest BCUT2D eigenvalue weighted by molar-refractivity contribution is 0.0998. The number of amides is 2. The van der Waals surface area contributed by atoms with Crippen LogP contribution in [0, 0.1) is 5.82 Å². The van der Waals surface area contributed by atoms with Crippen molar-refractivity contribution >= 4 is 40.6 Å². The van der Waals surface area contributed by atoms with Gasteiger partial charge < -0.3 is 11.1 Å². The summed E-state index contributed by atoms with van der Waals surface area (Å²) in [6.07, 6.45) is 0. The molecule has 1 aliphatic rings. The summed E-state index contributed by atoms with van der Waals surface area (Å²) in [5.41, 5.74) is 8.04. The van der Waals surface area contributed by atoms with Crippen LogP contribution in [0.4, 0.5) is 10.1 Å². The van der Waals surface area contributed by atoms with Crippen LogP contribution in [-0.2, 0) is 5.75 Å². The van der Waals surface area contributed by atoms with Crippen LogP contribution in [0.3, 0.4) is 0 Å². The van der Waals surface area contributed by atoms with E-state index in [0.29, 0.717) is 16.1 Å². The van der Waals surface area contributed by atoms with Crippen LogP contribution in [0.25, 0.3) is 10.4 Å². The van der Waals surface area contributed by atoms with Gasteiger partial charge in [-0.1, -0.05) is 0 Å². The van der Waals surface area contributed by atoms with Crippen LogP contribution in [-0.4, -0.2) is 11.8 Å². The Morgan fingerprint density at radius 3 is 2.58 bits per heavy atom. The summed E-state index contributed by atoms with van der Waals surface area (Å²) in [7, 11) is 0. The smallest absolute Gasteiger partial charge is 0.265 e. The quantitative estimate of drug-likeness (QED) is 0.698. The van der Waals surface area contributed by atoms with Crippen LogP contribution in [0.1, 0.15) is 25.6 Å². The second-order valence-corrected chi connectivity index (χ2v) is 7.86. The van der Waals surface area contributed by atoms with E-state index in [4.69, 9.17) is 5.73 Å². The van der Waals surface area contributed by atoms with Crippen LogP contribution in [0.5, 0.6) is 0 Å². The Hall–Kier alpha value is -2.64. The summed E-state index contributed by atoms with van der Waals surface area (Å²) in [4.78, 5) is 26.2. The molecule has 26 heavy (non-hydrogen) atoms. The number of carbonyl (C=O) groups is 2. The van der Waals surface area contributed by atoms with E-state index >= 15 is 0 Å². The zero-order chi connectivity index (χ0) is 18.3. The summed E-state index contributed by atoms with van der Waals surface area (Å²) in [6, 6.07) is 13.0. The second kappa shape index (κ2) is 6.59. The molecule has 0 radical (unpaired) electrons. The predicted octanol–water partition coefficient (Wildman–Crippen LogP) is 4.51. The molecular formula is C19H13FN2O2S2. The molecule has 0 unspecified atom stereocenters. The van der Waals surface area contributed by atoms with Gasteiger partial charge in [-0.05, 0) is 54.1 Å². The number of benzene rings is 2. The first-order valence-electron chi connectivity index (χ1n) is 7.78. The third-order valence-electron chi connectivity index (χ3n) is 4.03. The highest BCUT2D eigenvalue weighted by molar-refractivity contribution is 7.98. The molecule has 2 heterocycles. The molecule has 4 nitrogen and oxygen atoms in total. The molecule has 7 heteroatoms. The Kier molecular flexibility index (Phi) is 4.26. The molecule has 0 spiro atoms. The molecule has 3 aromatic rings. The molecule has 0 atom stereocenters. The number of carbonyl (C=O) groups excluding carboxylic acids is 2. The number of thiophene rings is 1. The lowest BCUT2D eigenvalue weighted by Gasteiger charge is -2.15. The molecule has 4 rings (SSSR count). The fourth-order valence-electron chi connectivity index (χ4n) is 2.75. The van der Waals surface area contributed by atoms with Crippen molar-refractivity contribution in [1.82, 2.24) is 0 Å². The number of rotatable bonds is 3. The standard InChI is InChI=1S/C19H13FN2O2S2/c20-12-3-6-15-14(8-12)17-11(9-25-15)7-16(26-17)19(24)22-13-4-1-10(2-5-13)18(21)23/h1-8H,9H2,(H2,21,23)(H,22,24). The lowest BCUT2D eigenvalue weighted by Crippen LogP contribution is -2.12. The van der Waals surface area contributed by atoms with Gasteiger partial charge in [0.2, 0.25) is 5.91 Å². The van der Waals surface area contributed by atoms with Crippen molar-refractivity contribution in [1.29, 1.82) is 0 Å². The minimum absolute atomic E-state index is 0.237. The van der Waals surface area contributed by atoms with E-state index in [1.165, 1.54) is 23.5 Å². The number of anilines is 1. The first kappa shape index (κ1) is 16.8. The number of hydrogen-bond donors (Lipinski definition) is 2. The summed E-state index contributed by atoms with van der Waals surface area (Å²) < 4.78 is 13.6. The molecule has 1 aromatic heterocycles. The van der Waals surface area contributed by atoms with Crippen LogP contribution in [0.2, 0.25) is 0 Å². The molecule has 0 saturated carbocycles. The van der Waals surface area contributed by atoms with Crippen LogP contribution >= 0.6 is 23.1 Å². The Morgan fingerprint density at radius 1 is 1.08 bits per heavy atom. The molecule has 130 valence electrons. The zero-order valence-corrected chi connectivity index (χ0v) is 15.0. The third-order valence-corrected chi connectivity index (χ3v) is 6.36. The van der Waals surface area contributed by atoms with Crippen molar-refractivity contribution in [2.24, 2.45) is 5.73 Å². The maximum absolute atomic E-state index is 13.6. The summed E-state index contributed by atoms with van der Waals surface area (Å²) in [5, 5.41) is 2.81. The summed E-state index contributed by atoms with van der Waals surface area (Å²) in [5.74, 6) is -0.284. The van der Waals surface area contributed by atoms with E-state index in [-0.39, 0.29) is 11.7 Å². The number of nitrogens with two attached hydrogens (primary N) is 1. The maximum Gasteiger partial charge on any atom is 0.265 e. The van der Waals surface area contributed by atoms with Crippen molar-refractivity contribution in [3.8, 4) is 10.4 Å². The molecule has 3 N–H and O–H groups in total. The minimum Gasteiger partial charge on any atom is -0.366 e. The minimum atomic E-state index is -0.516. The van der Waals surface area contributed by atoms with E-state index < -0.39 is 5.91 Å². The van der Waals surface area contributed by atoms with E-state index in [0.717, 1.165) is 26.7 Å². The third kappa shape index (κ3) is 3.11. The molecule has 0 fully saturated rings. The number of hydrogen-bond acceptors (Lipinski definition) is 4. The average Bonchev–Trinajstić information content (AvgIpc) is 3.07. The van der Waals surface area contributed by atoms with E-state index in [2.05, 4.69) is 5.32 Å². The topological polar surface area (TPSA) is 72.2 Å². The Labute approximate surface area is 157 Å². The second-order valence-electron chi connectivity index (χ2n) is 5.79. The maximum atomic E-state index is 13.6. The van der Waals surface area contributed by atoms with Gasteiger partial charge in [0.25, 0.3) is 5.91 Å². The lowest BCUT2D eigenvalue weighted by atomic mass is 10.1. The Balaban J connectivity index is 1.60. The van der Waals surface area contributed by atoms with Gasteiger partial charge in [-0.2, -0.15) is 0 Å². The molecular weight excluding hydrogens is 371 g/mol. The van der Waals surface area contributed by atoms with Crippen molar-refractivity contribution in [2.45, 2.75) is 10.6 Å². The van der Waals surface area contributed by atoms with Gasteiger partial charge >= 0.3 is 0 Å². The molecule has 2 amide bonds. The Bertz CT molecular complexity index is 1030. The average molecular weight is 384 g/mol.